The van der Waals surface area contributed by atoms with Gasteiger partial charge in [-0.3, -0.25) is 4.79 Å². The number of nitrogens with zero attached hydrogens (tertiary/aromatic N) is 2. The number of hydrogen-bond acceptors (Lipinski definition) is 5. The molecule has 0 aliphatic carbocycles. The zero-order valence-electron chi connectivity index (χ0n) is 15.6. The van der Waals surface area contributed by atoms with Crippen molar-refractivity contribution in [1.82, 2.24) is 9.97 Å². The van der Waals surface area contributed by atoms with Crippen molar-refractivity contribution in [3.63, 3.8) is 0 Å². The first-order valence-corrected chi connectivity index (χ1v) is 9.08. The van der Waals surface area contributed by atoms with E-state index in [-0.39, 0.29) is 11.7 Å². The first-order valence-electron chi connectivity index (χ1n) is 9.08. The Labute approximate surface area is 166 Å². The van der Waals surface area contributed by atoms with Gasteiger partial charge in [0, 0.05) is 36.1 Å². The minimum Gasteiger partial charge on any atom is -0.492 e. The second kappa shape index (κ2) is 7.83. The summed E-state index contributed by atoms with van der Waals surface area (Å²) in [5, 5.41) is 5.85. The number of anilines is 2. The lowest BCUT2D eigenvalue weighted by molar-refractivity contribution is 0.102. The van der Waals surface area contributed by atoms with Gasteiger partial charge < -0.3 is 15.4 Å². The number of aromatic nitrogens is 2. The molecule has 8 heteroatoms. The van der Waals surface area contributed by atoms with Gasteiger partial charge in [0.05, 0.1) is 18.2 Å². The number of ether oxygens (including phenoxy) is 1. The van der Waals surface area contributed by atoms with Crippen LogP contribution in [0.4, 0.5) is 20.4 Å². The summed E-state index contributed by atoms with van der Waals surface area (Å²) < 4.78 is 32.3. The SMILES string of the molecule is Cc1cnc(NC2CCOc3c(C(=O)Nc4ccc(F)c(F)c4)cccc32)nc1. The lowest BCUT2D eigenvalue weighted by Crippen LogP contribution is -2.24. The first kappa shape index (κ1) is 18.8. The fourth-order valence-electron chi connectivity index (χ4n) is 3.15. The summed E-state index contributed by atoms with van der Waals surface area (Å²) in [6, 6.07) is 8.31. The van der Waals surface area contributed by atoms with Crippen molar-refractivity contribution in [2.45, 2.75) is 19.4 Å². The van der Waals surface area contributed by atoms with Gasteiger partial charge in [0.15, 0.2) is 11.6 Å². The summed E-state index contributed by atoms with van der Waals surface area (Å²) in [7, 11) is 0. The molecular weight excluding hydrogens is 378 g/mol. The molecule has 2 heterocycles. The molecule has 3 aromatic rings. The molecule has 0 saturated heterocycles. The van der Waals surface area contributed by atoms with Gasteiger partial charge in [-0.1, -0.05) is 12.1 Å². The van der Waals surface area contributed by atoms with E-state index in [9.17, 15) is 13.6 Å². The van der Waals surface area contributed by atoms with Gasteiger partial charge in [0.1, 0.15) is 5.75 Å². The van der Waals surface area contributed by atoms with Crippen molar-refractivity contribution in [3.8, 4) is 5.75 Å². The fraction of sp³-hybridized carbons (Fsp3) is 0.190. The number of carbonyl (C=O) groups is 1. The zero-order chi connectivity index (χ0) is 20.4. The fourth-order valence-corrected chi connectivity index (χ4v) is 3.15. The van der Waals surface area contributed by atoms with Crippen molar-refractivity contribution in [2.75, 3.05) is 17.2 Å². The number of carbonyl (C=O) groups excluding carboxylic acids is 1. The van der Waals surface area contributed by atoms with Crippen LogP contribution in [0.15, 0.2) is 48.8 Å². The van der Waals surface area contributed by atoms with E-state index in [0.29, 0.717) is 30.3 Å². The molecule has 0 bridgehead atoms. The number of nitrogens with one attached hydrogen (secondary N) is 2. The monoisotopic (exact) mass is 396 g/mol. The number of aryl methyl sites for hydroxylation is 1. The molecule has 0 saturated carbocycles. The minimum atomic E-state index is -1.03. The Morgan fingerprint density at radius 1 is 1.14 bits per heavy atom. The average molecular weight is 396 g/mol. The highest BCUT2D eigenvalue weighted by Crippen LogP contribution is 2.36. The summed E-state index contributed by atoms with van der Waals surface area (Å²) in [6.07, 6.45) is 4.13. The molecule has 1 atom stereocenters. The molecule has 1 aliphatic rings. The standard InChI is InChI=1S/C21H18F2N4O2/c1-12-10-24-21(25-11-12)27-18-7-8-29-19-14(18)3-2-4-15(19)20(28)26-13-5-6-16(22)17(23)9-13/h2-6,9-11,18H,7-8H2,1H3,(H,26,28)(H,24,25,27). The van der Waals surface area contributed by atoms with E-state index in [4.69, 9.17) is 4.74 Å². The van der Waals surface area contributed by atoms with E-state index in [1.807, 2.05) is 13.0 Å². The molecule has 1 aliphatic heterocycles. The Kier molecular flexibility index (Phi) is 5.07. The molecule has 6 nitrogen and oxygen atoms in total. The molecular formula is C21H18F2N4O2. The highest BCUT2D eigenvalue weighted by atomic mass is 19.2. The molecule has 0 spiro atoms. The smallest absolute Gasteiger partial charge is 0.259 e. The third-order valence-electron chi connectivity index (χ3n) is 4.58. The first-order chi connectivity index (χ1) is 14.0. The number of fused-ring (bicyclic) bond motifs is 1. The Balaban J connectivity index is 1.59. The molecule has 29 heavy (non-hydrogen) atoms. The predicted molar refractivity (Wildman–Crippen MR) is 104 cm³/mol. The molecule has 1 amide bonds. The molecule has 1 aromatic heterocycles. The van der Waals surface area contributed by atoms with E-state index < -0.39 is 17.5 Å². The molecule has 0 fully saturated rings. The van der Waals surface area contributed by atoms with Crippen LogP contribution in [0.5, 0.6) is 5.75 Å². The number of benzene rings is 2. The number of para-hydroxylation sites is 1. The minimum absolute atomic E-state index is 0.127. The molecule has 148 valence electrons. The maximum Gasteiger partial charge on any atom is 0.259 e. The highest BCUT2D eigenvalue weighted by Gasteiger charge is 2.26. The van der Waals surface area contributed by atoms with Crippen LogP contribution in [0, 0.1) is 18.6 Å². The van der Waals surface area contributed by atoms with Crippen LogP contribution in [0.1, 0.15) is 33.9 Å². The number of halogens is 2. The Hall–Kier alpha value is -3.55. The summed E-state index contributed by atoms with van der Waals surface area (Å²) >= 11 is 0. The van der Waals surface area contributed by atoms with E-state index in [1.165, 1.54) is 6.07 Å². The topological polar surface area (TPSA) is 76.1 Å². The van der Waals surface area contributed by atoms with Crippen molar-refractivity contribution in [3.05, 3.63) is 77.1 Å². The van der Waals surface area contributed by atoms with Crippen LogP contribution >= 0.6 is 0 Å². The van der Waals surface area contributed by atoms with Gasteiger partial charge in [0.2, 0.25) is 5.95 Å². The van der Waals surface area contributed by atoms with Crippen LogP contribution in [0.2, 0.25) is 0 Å². The van der Waals surface area contributed by atoms with Crippen molar-refractivity contribution < 1.29 is 18.3 Å². The molecule has 1 unspecified atom stereocenters. The van der Waals surface area contributed by atoms with Gasteiger partial charge in [-0.25, -0.2) is 18.7 Å². The number of amides is 1. The predicted octanol–water partition coefficient (Wildman–Crippen LogP) is 4.25. The van der Waals surface area contributed by atoms with Gasteiger partial charge in [-0.05, 0) is 30.7 Å². The molecule has 2 aromatic carbocycles. The van der Waals surface area contributed by atoms with Crippen molar-refractivity contribution in [2.24, 2.45) is 0 Å². The maximum atomic E-state index is 13.4. The van der Waals surface area contributed by atoms with Gasteiger partial charge >= 0.3 is 0 Å². The van der Waals surface area contributed by atoms with E-state index >= 15 is 0 Å². The van der Waals surface area contributed by atoms with Crippen LogP contribution in [-0.4, -0.2) is 22.5 Å². The van der Waals surface area contributed by atoms with Crippen LogP contribution in [0.25, 0.3) is 0 Å². The lowest BCUT2D eigenvalue weighted by atomic mass is 9.97. The van der Waals surface area contributed by atoms with E-state index in [1.54, 1.807) is 24.5 Å². The third kappa shape index (κ3) is 4.01. The summed E-state index contributed by atoms with van der Waals surface area (Å²) in [5.41, 5.74) is 2.23. The van der Waals surface area contributed by atoms with Gasteiger partial charge in [0.25, 0.3) is 5.91 Å². The Morgan fingerprint density at radius 2 is 1.93 bits per heavy atom. The number of hydrogen-bond donors (Lipinski definition) is 2. The molecule has 4 rings (SSSR count). The summed E-state index contributed by atoms with van der Waals surface area (Å²) in [5.74, 6) is -1.54. The van der Waals surface area contributed by atoms with E-state index in [0.717, 1.165) is 23.3 Å². The quantitative estimate of drug-likeness (QED) is 0.690. The maximum absolute atomic E-state index is 13.4. The normalized spacial score (nSPS) is 15.2. The van der Waals surface area contributed by atoms with E-state index in [2.05, 4.69) is 20.6 Å². The molecule has 2 N–H and O–H groups in total. The number of rotatable bonds is 4. The van der Waals surface area contributed by atoms with Crippen LogP contribution in [0.3, 0.4) is 0 Å². The Bertz CT molecular complexity index is 1060. The zero-order valence-corrected chi connectivity index (χ0v) is 15.6. The molecule has 0 radical (unpaired) electrons. The summed E-state index contributed by atoms with van der Waals surface area (Å²) in [4.78, 5) is 21.3. The van der Waals surface area contributed by atoms with Crippen molar-refractivity contribution >= 4 is 17.5 Å². The largest absolute Gasteiger partial charge is 0.492 e. The lowest BCUT2D eigenvalue weighted by Gasteiger charge is -2.28. The second-order valence-electron chi connectivity index (χ2n) is 6.73. The van der Waals surface area contributed by atoms with Gasteiger partial charge in [-0.2, -0.15) is 0 Å². The van der Waals surface area contributed by atoms with Crippen LogP contribution in [-0.2, 0) is 0 Å². The Morgan fingerprint density at radius 3 is 2.69 bits per heavy atom. The second-order valence-corrected chi connectivity index (χ2v) is 6.73. The van der Waals surface area contributed by atoms with Crippen LogP contribution < -0.4 is 15.4 Å². The third-order valence-corrected chi connectivity index (χ3v) is 4.58. The van der Waals surface area contributed by atoms with Gasteiger partial charge in [-0.15, -0.1) is 0 Å². The van der Waals surface area contributed by atoms with Crippen molar-refractivity contribution in [1.29, 1.82) is 0 Å². The average Bonchev–Trinajstić information content (AvgIpc) is 2.72. The highest BCUT2D eigenvalue weighted by molar-refractivity contribution is 6.06. The summed E-state index contributed by atoms with van der Waals surface area (Å²) in [6.45, 7) is 2.32.